The molecule has 25 heavy (non-hydrogen) atoms. The molecule has 0 aliphatic heterocycles. The average molecular weight is 364 g/mol. The van der Waals surface area contributed by atoms with Crippen LogP contribution >= 0.6 is 11.6 Å². The smallest absolute Gasteiger partial charge is 0.167 e. The number of nitrogens with zero attached hydrogens (tertiary/aromatic N) is 3. The number of hydrogen-bond acceptors (Lipinski definition) is 3. The number of benzene rings is 2. The number of aliphatic imine (C=N–C) groups is 1. The first-order chi connectivity index (χ1) is 11.9. The summed E-state index contributed by atoms with van der Waals surface area (Å²) in [5, 5.41) is 0.577. The maximum Gasteiger partial charge on any atom is 0.167 e. The number of anilines is 2. The van der Waals surface area contributed by atoms with Gasteiger partial charge in [0.25, 0.3) is 0 Å². The molecule has 2 rings (SSSR count). The standard InChI is InChI=1S/C19H23ClFN3O/c1-6-23(3)12-22-17-9-14(20)10-18(13(17)2)24(4)15-7-8-19(25-5)16(21)11-15/h7-12H,6H2,1-5H3. The molecule has 6 heteroatoms. The molecule has 0 N–H and O–H groups in total. The summed E-state index contributed by atoms with van der Waals surface area (Å²) in [7, 11) is 5.27. The lowest BCUT2D eigenvalue weighted by atomic mass is 10.1. The Morgan fingerprint density at radius 3 is 2.56 bits per heavy atom. The van der Waals surface area contributed by atoms with E-state index in [1.807, 2.05) is 49.9 Å². The Morgan fingerprint density at radius 2 is 1.96 bits per heavy atom. The van der Waals surface area contributed by atoms with E-state index in [1.54, 1.807) is 18.5 Å². The second-order valence-corrected chi connectivity index (χ2v) is 6.20. The van der Waals surface area contributed by atoms with Crippen molar-refractivity contribution in [2.24, 2.45) is 4.99 Å². The minimum atomic E-state index is -0.408. The van der Waals surface area contributed by atoms with E-state index in [-0.39, 0.29) is 5.75 Å². The summed E-state index contributed by atoms with van der Waals surface area (Å²) in [4.78, 5) is 8.37. The van der Waals surface area contributed by atoms with Gasteiger partial charge in [-0.3, -0.25) is 0 Å². The molecule has 0 saturated carbocycles. The highest BCUT2D eigenvalue weighted by Crippen LogP contribution is 2.36. The summed E-state index contributed by atoms with van der Waals surface area (Å²) in [6.07, 6.45) is 1.77. The Morgan fingerprint density at radius 1 is 1.24 bits per heavy atom. The molecule has 4 nitrogen and oxygen atoms in total. The summed E-state index contributed by atoms with van der Waals surface area (Å²) in [5.74, 6) is -0.192. The minimum absolute atomic E-state index is 0.216. The van der Waals surface area contributed by atoms with Crippen molar-refractivity contribution < 1.29 is 9.13 Å². The Balaban J connectivity index is 2.42. The predicted molar refractivity (Wildman–Crippen MR) is 104 cm³/mol. The summed E-state index contributed by atoms with van der Waals surface area (Å²) in [6, 6.07) is 8.52. The van der Waals surface area contributed by atoms with Gasteiger partial charge in [-0.2, -0.15) is 0 Å². The van der Waals surface area contributed by atoms with Crippen LogP contribution < -0.4 is 9.64 Å². The van der Waals surface area contributed by atoms with E-state index >= 15 is 0 Å². The van der Waals surface area contributed by atoms with Crippen molar-refractivity contribution in [1.29, 1.82) is 0 Å². The SMILES string of the molecule is CCN(C)C=Nc1cc(Cl)cc(N(C)c2ccc(OC)c(F)c2)c1C. The maximum atomic E-state index is 14.0. The normalized spacial score (nSPS) is 11.0. The van der Waals surface area contributed by atoms with Crippen molar-refractivity contribution in [3.05, 3.63) is 46.7 Å². The molecule has 0 aliphatic rings. The van der Waals surface area contributed by atoms with Gasteiger partial charge in [-0.05, 0) is 43.7 Å². The van der Waals surface area contributed by atoms with Crippen LogP contribution in [-0.2, 0) is 0 Å². The third-order valence-electron chi connectivity index (χ3n) is 4.09. The quantitative estimate of drug-likeness (QED) is 0.523. The van der Waals surface area contributed by atoms with Gasteiger partial charge in [-0.25, -0.2) is 9.38 Å². The lowest BCUT2D eigenvalue weighted by molar-refractivity contribution is 0.386. The van der Waals surface area contributed by atoms with Crippen LogP contribution in [0, 0.1) is 12.7 Å². The van der Waals surface area contributed by atoms with Gasteiger partial charge in [0, 0.05) is 43.1 Å². The van der Waals surface area contributed by atoms with E-state index < -0.39 is 5.82 Å². The molecule has 2 aromatic carbocycles. The van der Waals surface area contributed by atoms with E-state index in [2.05, 4.69) is 4.99 Å². The molecule has 0 radical (unpaired) electrons. The molecule has 0 aromatic heterocycles. The topological polar surface area (TPSA) is 28.1 Å². The second-order valence-electron chi connectivity index (χ2n) is 5.76. The molecule has 0 fully saturated rings. The number of hydrogen-bond donors (Lipinski definition) is 0. The van der Waals surface area contributed by atoms with Crippen molar-refractivity contribution in [3.63, 3.8) is 0 Å². The van der Waals surface area contributed by atoms with E-state index in [1.165, 1.54) is 13.2 Å². The van der Waals surface area contributed by atoms with Gasteiger partial charge < -0.3 is 14.5 Å². The molecule has 2 aromatic rings. The van der Waals surface area contributed by atoms with Crippen LogP contribution in [-0.4, -0.2) is 39.0 Å². The Bertz CT molecular complexity index is 780. The molecule has 0 saturated heterocycles. The Kier molecular flexibility index (Phi) is 6.26. The highest BCUT2D eigenvalue weighted by Gasteiger charge is 2.14. The highest BCUT2D eigenvalue weighted by molar-refractivity contribution is 6.31. The van der Waals surface area contributed by atoms with Gasteiger partial charge in [0.15, 0.2) is 11.6 Å². The van der Waals surface area contributed by atoms with Crippen LogP contribution in [0.3, 0.4) is 0 Å². The van der Waals surface area contributed by atoms with Gasteiger partial charge in [0.05, 0.1) is 19.1 Å². The number of methoxy groups -OCH3 is 1. The van der Waals surface area contributed by atoms with Gasteiger partial charge in [-0.1, -0.05) is 11.6 Å². The van der Waals surface area contributed by atoms with Crippen LogP contribution in [0.2, 0.25) is 5.02 Å². The van der Waals surface area contributed by atoms with Gasteiger partial charge >= 0.3 is 0 Å². The van der Waals surface area contributed by atoms with Gasteiger partial charge in [-0.15, -0.1) is 0 Å². The van der Waals surface area contributed by atoms with Crippen molar-refractivity contribution in [2.75, 3.05) is 32.6 Å². The van der Waals surface area contributed by atoms with Crippen molar-refractivity contribution >= 4 is 35.0 Å². The monoisotopic (exact) mass is 363 g/mol. The van der Waals surface area contributed by atoms with E-state index in [4.69, 9.17) is 16.3 Å². The summed E-state index contributed by atoms with van der Waals surface area (Å²) in [5.41, 5.74) is 3.31. The third-order valence-corrected chi connectivity index (χ3v) is 4.31. The molecule has 134 valence electrons. The van der Waals surface area contributed by atoms with Crippen LogP contribution in [0.25, 0.3) is 0 Å². The van der Waals surface area contributed by atoms with Crippen molar-refractivity contribution in [1.82, 2.24) is 4.90 Å². The van der Waals surface area contributed by atoms with Crippen LogP contribution in [0.15, 0.2) is 35.3 Å². The number of ether oxygens (including phenoxy) is 1. The molecule has 0 bridgehead atoms. The largest absolute Gasteiger partial charge is 0.494 e. The molecule has 0 unspecified atom stereocenters. The summed E-state index contributed by atoms with van der Waals surface area (Å²) >= 11 is 6.27. The van der Waals surface area contributed by atoms with Gasteiger partial charge in [0.2, 0.25) is 0 Å². The third kappa shape index (κ3) is 4.42. The zero-order valence-electron chi connectivity index (χ0n) is 15.2. The lowest BCUT2D eigenvalue weighted by Gasteiger charge is -2.23. The second kappa shape index (κ2) is 8.21. The van der Waals surface area contributed by atoms with Crippen LogP contribution in [0.5, 0.6) is 5.75 Å². The van der Waals surface area contributed by atoms with Crippen molar-refractivity contribution in [3.8, 4) is 5.75 Å². The molecule has 0 atom stereocenters. The lowest BCUT2D eigenvalue weighted by Crippen LogP contribution is -2.14. The zero-order valence-corrected chi connectivity index (χ0v) is 15.9. The Hall–Kier alpha value is -2.27. The molecule has 0 amide bonds. The zero-order chi connectivity index (χ0) is 18.6. The van der Waals surface area contributed by atoms with E-state index in [0.29, 0.717) is 10.7 Å². The first kappa shape index (κ1) is 19.1. The molecular formula is C19H23ClFN3O. The summed E-state index contributed by atoms with van der Waals surface area (Å²) in [6.45, 7) is 4.88. The number of halogens is 2. The average Bonchev–Trinajstić information content (AvgIpc) is 2.61. The van der Waals surface area contributed by atoms with Crippen molar-refractivity contribution in [2.45, 2.75) is 13.8 Å². The molecule has 0 aliphatic carbocycles. The first-order valence-corrected chi connectivity index (χ1v) is 8.37. The minimum Gasteiger partial charge on any atom is -0.494 e. The van der Waals surface area contributed by atoms with Crippen LogP contribution in [0.1, 0.15) is 12.5 Å². The summed E-state index contributed by atoms with van der Waals surface area (Å²) < 4.78 is 19.0. The maximum absolute atomic E-state index is 14.0. The molecule has 0 heterocycles. The van der Waals surface area contributed by atoms with E-state index in [9.17, 15) is 4.39 Å². The molecular weight excluding hydrogens is 341 g/mol. The van der Waals surface area contributed by atoms with Gasteiger partial charge in [0.1, 0.15) is 0 Å². The fraction of sp³-hybridized carbons (Fsp3) is 0.316. The fourth-order valence-electron chi connectivity index (χ4n) is 2.38. The fourth-order valence-corrected chi connectivity index (χ4v) is 2.59. The van der Waals surface area contributed by atoms with Crippen LogP contribution in [0.4, 0.5) is 21.5 Å². The Labute approximate surface area is 153 Å². The highest BCUT2D eigenvalue weighted by atomic mass is 35.5. The number of rotatable bonds is 6. The first-order valence-electron chi connectivity index (χ1n) is 7.99. The predicted octanol–water partition coefficient (Wildman–Crippen LogP) is 5.18. The molecule has 0 spiro atoms. The van der Waals surface area contributed by atoms with E-state index in [0.717, 1.165) is 23.5 Å².